The zero-order valence-electron chi connectivity index (χ0n) is 10.4. The number of methoxy groups -OCH3 is 1. The summed E-state index contributed by atoms with van der Waals surface area (Å²) in [5.41, 5.74) is 0.859. The van der Waals surface area contributed by atoms with Gasteiger partial charge in [0.15, 0.2) is 11.6 Å². The monoisotopic (exact) mass is 236 g/mol. The lowest BCUT2D eigenvalue weighted by atomic mass is 10.0. The molecular formula is C14H17FO2. The molecule has 0 heterocycles. The van der Waals surface area contributed by atoms with E-state index in [1.54, 1.807) is 12.1 Å². The van der Waals surface area contributed by atoms with E-state index in [1.807, 2.05) is 0 Å². The lowest BCUT2D eigenvalue weighted by Crippen LogP contribution is -2.09. The van der Waals surface area contributed by atoms with Crippen LogP contribution in [0.1, 0.15) is 25.8 Å². The number of benzene rings is 1. The zero-order chi connectivity index (χ0) is 12.6. The van der Waals surface area contributed by atoms with Crippen LogP contribution < -0.4 is 4.74 Å². The van der Waals surface area contributed by atoms with Gasteiger partial charge in [-0.15, -0.1) is 0 Å². The highest BCUT2D eigenvalue weighted by Gasteiger charge is 2.49. The normalized spacial score (nSPS) is 21.1. The van der Waals surface area contributed by atoms with Crippen molar-refractivity contribution in [1.29, 1.82) is 0 Å². The predicted molar refractivity (Wildman–Crippen MR) is 63.6 cm³/mol. The van der Waals surface area contributed by atoms with Gasteiger partial charge in [0.25, 0.3) is 0 Å². The summed E-state index contributed by atoms with van der Waals surface area (Å²) in [5, 5.41) is 0. The van der Waals surface area contributed by atoms with Crippen LogP contribution in [-0.2, 0) is 11.2 Å². The van der Waals surface area contributed by atoms with Crippen molar-refractivity contribution in [2.24, 2.45) is 11.3 Å². The minimum atomic E-state index is -0.409. The fraction of sp³-hybridized carbons (Fsp3) is 0.500. The lowest BCUT2D eigenvalue weighted by Gasteiger charge is -2.06. The molecule has 0 aliphatic heterocycles. The van der Waals surface area contributed by atoms with E-state index in [-0.39, 0.29) is 22.9 Å². The third-order valence-electron chi connectivity index (χ3n) is 3.50. The molecule has 0 amide bonds. The smallest absolute Gasteiger partial charge is 0.165 e. The first kappa shape index (κ1) is 12.1. The maximum absolute atomic E-state index is 13.4. The standard InChI is InChI=1S/C14H17FO2/c1-14(2)8-10(14)12(16)7-9-4-5-13(17-3)11(15)6-9/h4-6,10H,7-8H2,1-3H3. The van der Waals surface area contributed by atoms with Crippen LogP contribution in [0.3, 0.4) is 0 Å². The summed E-state index contributed by atoms with van der Waals surface area (Å²) in [6.45, 7) is 4.17. The molecule has 1 unspecified atom stereocenters. The van der Waals surface area contributed by atoms with Crippen LogP contribution in [0, 0.1) is 17.2 Å². The Bertz CT molecular complexity index is 452. The molecule has 2 nitrogen and oxygen atoms in total. The topological polar surface area (TPSA) is 26.3 Å². The van der Waals surface area contributed by atoms with Gasteiger partial charge in [0.2, 0.25) is 0 Å². The van der Waals surface area contributed by atoms with E-state index in [1.165, 1.54) is 13.2 Å². The van der Waals surface area contributed by atoms with E-state index in [2.05, 4.69) is 13.8 Å². The molecule has 0 bridgehead atoms. The third kappa shape index (κ3) is 2.48. The number of carbonyl (C=O) groups is 1. The highest BCUT2D eigenvalue weighted by Crippen LogP contribution is 2.52. The second kappa shape index (κ2) is 4.13. The third-order valence-corrected chi connectivity index (χ3v) is 3.50. The summed E-state index contributed by atoms with van der Waals surface area (Å²) in [6, 6.07) is 4.69. The summed E-state index contributed by atoms with van der Waals surface area (Å²) in [5.74, 6) is 0.160. The first-order valence-electron chi connectivity index (χ1n) is 5.79. The minimum absolute atomic E-state index is 0.141. The number of hydrogen-bond donors (Lipinski definition) is 0. The predicted octanol–water partition coefficient (Wildman–Crippen LogP) is 2.99. The van der Waals surface area contributed by atoms with Crippen molar-refractivity contribution in [1.82, 2.24) is 0 Å². The number of rotatable bonds is 4. The first-order chi connectivity index (χ1) is 7.94. The Morgan fingerprint density at radius 2 is 2.18 bits per heavy atom. The van der Waals surface area contributed by atoms with Gasteiger partial charge < -0.3 is 4.74 Å². The number of carbonyl (C=O) groups excluding carboxylic acids is 1. The van der Waals surface area contributed by atoms with Crippen molar-refractivity contribution in [2.45, 2.75) is 26.7 Å². The highest BCUT2D eigenvalue weighted by molar-refractivity contribution is 5.86. The maximum atomic E-state index is 13.4. The Kier molecular flexibility index (Phi) is 2.94. The molecule has 92 valence electrons. The first-order valence-corrected chi connectivity index (χ1v) is 5.79. The molecule has 0 aromatic heterocycles. The summed E-state index contributed by atoms with van der Waals surface area (Å²) >= 11 is 0. The molecule has 1 fully saturated rings. The van der Waals surface area contributed by atoms with E-state index < -0.39 is 5.82 Å². The fourth-order valence-electron chi connectivity index (χ4n) is 2.16. The van der Waals surface area contributed by atoms with Gasteiger partial charge in [-0.05, 0) is 29.5 Å². The van der Waals surface area contributed by atoms with Crippen molar-refractivity contribution >= 4 is 5.78 Å². The van der Waals surface area contributed by atoms with Gasteiger partial charge in [0.05, 0.1) is 7.11 Å². The van der Waals surface area contributed by atoms with Crippen LogP contribution in [0.2, 0.25) is 0 Å². The van der Waals surface area contributed by atoms with Crippen molar-refractivity contribution < 1.29 is 13.9 Å². The van der Waals surface area contributed by atoms with Crippen LogP contribution in [0.4, 0.5) is 4.39 Å². The average Bonchev–Trinajstić information content (AvgIpc) is 2.88. The zero-order valence-corrected chi connectivity index (χ0v) is 10.4. The molecule has 1 atom stereocenters. The van der Waals surface area contributed by atoms with Crippen LogP contribution >= 0.6 is 0 Å². The van der Waals surface area contributed by atoms with Gasteiger partial charge in [-0.1, -0.05) is 19.9 Å². The number of Topliss-reactive ketones (excluding diaryl/α,β-unsaturated/α-hetero) is 1. The van der Waals surface area contributed by atoms with Crippen molar-refractivity contribution in [2.75, 3.05) is 7.11 Å². The summed E-state index contributed by atoms with van der Waals surface area (Å²) in [4.78, 5) is 11.9. The summed E-state index contributed by atoms with van der Waals surface area (Å²) in [6.07, 6.45) is 1.26. The molecule has 0 radical (unpaired) electrons. The highest BCUT2D eigenvalue weighted by atomic mass is 19.1. The van der Waals surface area contributed by atoms with Crippen LogP contribution in [0.15, 0.2) is 18.2 Å². The molecule has 0 spiro atoms. The van der Waals surface area contributed by atoms with Gasteiger partial charge >= 0.3 is 0 Å². The van der Waals surface area contributed by atoms with E-state index in [0.29, 0.717) is 6.42 Å². The van der Waals surface area contributed by atoms with Crippen molar-refractivity contribution in [3.05, 3.63) is 29.6 Å². The Hall–Kier alpha value is -1.38. The summed E-state index contributed by atoms with van der Waals surface area (Å²) < 4.78 is 18.3. The Balaban J connectivity index is 2.05. The van der Waals surface area contributed by atoms with Gasteiger partial charge in [-0.3, -0.25) is 4.79 Å². The molecule has 1 aromatic rings. The maximum Gasteiger partial charge on any atom is 0.165 e. The number of halogens is 1. The second-order valence-corrected chi connectivity index (χ2v) is 5.36. The molecule has 17 heavy (non-hydrogen) atoms. The summed E-state index contributed by atoms with van der Waals surface area (Å²) in [7, 11) is 1.43. The fourth-order valence-corrected chi connectivity index (χ4v) is 2.16. The van der Waals surface area contributed by atoms with Crippen LogP contribution in [0.5, 0.6) is 5.75 Å². The molecule has 0 saturated heterocycles. The van der Waals surface area contributed by atoms with E-state index in [4.69, 9.17) is 4.74 Å². The quantitative estimate of drug-likeness (QED) is 0.803. The molecule has 1 aromatic carbocycles. The van der Waals surface area contributed by atoms with E-state index in [0.717, 1.165) is 12.0 Å². The van der Waals surface area contributed by atoms with Gasteiger partial charge in [0, 0.05) is 12.3 Å². The van der Waals surface area contributed by atoms with Gasteiger partial charge in [-0.25, -0.2) is 4.39 Å². The molecule has 0 N–H and O–H groups in total. The van der Waals surface area contributed by atoms with E-state index >= 15 is 0 Å². The van der Waals surface area contributed by atoms with Crippen molar-refractivity contribution in [3.8, 4) is 5.75 Å². The minimum Gasteiger partial charge on any atom is -0.494 e. The number of hydrogen-bond acceptors (Lipinski definition) is 2. The molecule has 1 saturated carbocycles. The van der Waals surface area contributed by atoms with Gasteiger partial charge in [-0.2, -0.15) is 0 Å². The number of ketones is 1. The molecule has 2 rings (SSSR count). The Morgan fingerprint density at radius 1 is 1.53 bits per heavy atom. The Morgan fingerprint density at radius 3 is 2.65 bits per heavy atom. The van der Waals surface area contributed by atoms with Crippen LogP contribution in [-0.4, -0.2) is 12.9 Å². The SMILES string of the molecule is COc1ccc(CC(=O)C2CC2(C)C)cc1F. The van der Waals surface area contributed by atoms with Gasteiger partial charge in [0.1, 0.15) is 5.78 Å². The molecule has 1 aliphatic rings. The van der Waals surface area contributed by atoms with Crippen LogP contribution in [0.25, 0.3) is 0 Å². The molecular weight excluding hydrogens is 219 g/mol. The Labute approximate surface area is 101 Å². The lowest BCUT2D eigenvalue weighted by molar-refractivity contribution is -0.120. The molecule has 1 aliphatic carbocycles. The van der Waals surface area contributed by atoms with Crippen molar-refractivity contribution in [3.63, 3.8) is 0 Å². The second-order valence-electron chi connectivity index (χ2n) is 5.36. The average molecular weight is 236 g/mol. The van der Waals surface area contributed by atoms with E-state index in [9.17, 15) is 9.18 Å². The number of ether oxygens (including phenoxy) is 1. The largest absolute Gasteiger partial charge is 0.494 e. The molecule has 3 heteroatoms.